The zero-order valence-corrected chi connectivity index (χ0v) is 10.2. The van der Waals surface area contributed by atoms with E-state index in [9.17, 15) is 0 Å². The molecule has 1 heterocycles. The monoisotopic (exact) mass is 226 g/mol. The molecule has 5 heteroatoms. The highest BCUT2D eigenvalue weighted by Gasteiger charge is 2.15. The largest absolute Gasteiger partial charge is 0.369 e. The molecule has 4 nitrogen and oxygen atoms in total. The van der Waals surface area contributed by atoms with Crippen LogP contribution in [-0.4, -0.2) is 22.5 Å². The van der Waals surface area contributed by atoms with Gasteiger partial charge in [0.25, 0.3) is 0 Å². The first-order valence-corrected chi connectivity index (χ1v) is 6.02. The normalized spacial score (nSPS) is 11.2. The van der Waals surface area contributed by atoms with Crippen molar-refractivity contribution in [2.24, 2.45) is 5.84 Å². The molecule has 0 radical (unpaired) electrons. The molecule has 0 aliphatic rings. The molecule has 0 amide bonds. The molecule has 1 aromatic heterocycles. The van der Waals surface area contributed by atoms with Crippen LogP contribution in [0.3, 0.4) is 0 Å². The Balaban J connectivity index is 2.57. The maximum atomic E-state index is 5.28. The Morgan fingerprint density at radius 3 is 2.67 bits per heavy atom. The van der Waals surface area contributed by atoms with Gasteiger partial charge in [-0.1, -0.05) is 6.07 Å². The first-order chi connectivity index (χ1) is 7.07. The number of hydrogen-bond donors (Lipinski definition) is 3. The first-order valence-electron chi connectivity index (χ1n) is 4.80. The Morgan fingerprint density at radius 1 is 1.40 bits per heavy atom. The number of rotatable bonds is 5. The first kappa shape index (κ1) is 12.1. The van der Waals surface area contributed by atoms with Gasteiger partial charge in [-0.15, -0.1) is 0 Å². The number of hydrogen-bond acceptors (Lipinski definition) is 5. The molecule has 84 valence electrons. The Hall–Kier alpha value is -0.940. The average Bonchev–Trinajstić information content (AvgIpc) is 2.27. The highest BCUT2D eigenvalue weighted by atomic mass is 32.2. The van der Waals surface area contributed by atoms with Crippen LogP contribution in [0, 0.1) is 0 Å². The lowest BCUT2D eigenvalue weighted by atomic mass is 10.2. The summed E-state index contributed by atoms with van der Waals surface area (Å²) in [4.78, 5) is 4.27. The SMILES string of the molecule is CSC(C)(C)CNc1cccc(NN)n1. The van der Waals surface area contributed by atoms with E-state index in [4.69, 9.17) is 5.84 Å². The summed E-state index contributed by atoms with van der Waals surface area (Å²) >= 11 is 1.83. The molecule has 0 saturated heterocycles. The lowest BCUT2D eigenvalue weighted by molar-refractivity contribution is 0.750. The number of aromatic nitrogens is 1. The number of thioether (sulfide) groups is 1. The molecule has 0 spiro atoms. The fourth-order valence-corrected chi connectivity index (χ4v) is 1.21. The van der Waals surface area contributed by atoms with E-state index in [0.29, 0.717) is 5.82 Å². The summed E-state index contributed by atoms with van der Waals surface area (Å²) in [5.74, 6) is 6.79. The quantitative estimate of drug-likeness (QED) is 0.529. The Kier molecular flexibility index (Phi) is 4.23. The fraction of sp³-hybridized carbons (Fsp3) is 0.500. The molecule has 1 rings (SSSR count). The zero-order valence-electron chi connectivity index (χ0n) is 9.37. The summed E-state index contributed by atoms with van der Waals surface area (Å²) in [6, 6.07) is 5.67. The second-order valence-corrected chi connectivity index (χ2v) is 5.38. The summed E-state index contributed by atoms with van der Waals surface area (Å²) in [5, 5.41) is 3.28. The lowest BCUT2D eigenvalue weighted by Crippen LogP contribution is -2.26. The highest BCUT2D eigenvalue weighted by Crippen LogP contribution is 2.21. The van der Waals surface area contributed by atoms with Gasteiger partial charge in [0.1, 0.15) is 11.6 Å². The van der Waals surface area contributed by atoms with Crippen LogP contribution < -0.4 is 16.6 Å². The standard InChI is InChI=1S/C10H18N4S/c1-10(2,15-3)7-12-8-5-4-6-9(13-8)14-11/h4-6H,7,11H2,1-3H3,(H2,12,13,14). The van der Waals surface area contributed by atoms with Crippen LogP contribution in [0.25, 0.3) is 0 Å². The van der Waals surface area contributed by atoms with Crippen molar-refractivity contribution in [3.8, 4) is 0 Å². The maximum Gasteiger partial charge on any atom is 0.142 e. The van der Waals surface area contributed by atoms with E-state index < -0.39 is 0 Å². The molecule has 4 N–H and O–H groups in total. The summed E-state index contributed by atoms with van der Waals surface area (Å²) < 4.78 is 0.202. The minimum Gasteiger partial charge on any atom is -0.369 e. The van der Waals surface area contributed by atoms with Crippen molar-refractivity contribution in [1.82, 2.24) is 4.98 Å². The molecule has 0 atom stereocenters. The smallest absolute Gasteiger partial charge is 0.142 e. The van der Waals surface area contributed by atoms with Crippen molar-refractivity contribution < 1.29 is 0 Å². The number of pyridine rings is 1. The molecule has 0 aromatic carbocycles. The predicted octanol–water partition coefficient (Wildman–Crippen LogP) is 1.92. The molecule has 0 bridgehead atoms. The molecule has 0 unspecified atom stereocenters. The van der Waals surface area contributed by atoms with Gasteiger partial charge in [0, 0.05) is 11.3 Å². The number of nitrogens with two attached hydrogens (primary N) is 1. The summed E-state index contributed by atoms with van der Waals surface area (Å²) in [5.41, 5.74) is 2.52. The van der Waals surface area contributed by atoms with E-state index in [1.807, 2.05) is 30.0 Å². The second kappa shape index (κ2) is 5.23. The van der Waals surface area contributed by atoms with E-state index in [1.54, 1.807) is 0 Å². The van der Waals surface area contributed by atoms with Crippen LogP contribution in [0.15, 0.2) is 18.2 Å². The van der Waals surface area contributed by atoms with Gasteiger partial charge in [0.05, 0.1) is 0 Å². The van der Waals surface area contributed by atoms with Crippen molar-refractivity contribution in [3.05, 3.63) is 18.2 Å². The highest BCUT2D eigenvalue weighted by molar-refractivity contribution is 7.99. The van der Waals surface area contributed by atoms with Gasteiger partial charge < -0.3 is 10.7 Å². The molecule has 1 aromatic rings. The van der Waals surface area contributed by atoms with Crippen LogP contribution in [0.5, 0.6) is 0 Å². The van der Waals surface area contributed by atoms with Crippen LogP contribution in [-0.2, 0) is 0 Å². The minimum absolute atomic E-state index is 0.202. The van der Waals surface area contributed by atoms with Crippen molar-refractivity contribution in [3.63, 3.8) is 0 Å². The Morgan fingerprint density at radius 2 is 2.07 bits per heavy atom. The molecule has 0 fully saturated rings. The summed E-state index contributed by atoms with van der Waals surface area (Å²) in [7, 11) is 0. The average molecular weight is 226 g/mol. The van der Waals surface area contributed by atoms with Crippen molar-refractivity contribution in [1.29, 1.82) is 0 Å². The van der Waals surface area contributed by atoms with Gasteiger partial charge in [-0.3, -0.25) is 0 Å². The molecule has 0 aliphatic carbocycles. The fourth-order valence-electron chi connectivity index (χ4n) is 0.989. The summed E-state index contributed by atoms with van der Waals surface area (Å²) in [6.45, 7) is 5.25. The van der Waals surface area contributed by atoms with Gasteiger partial charge in [-0.05, 0) is 32.2 Å². The van der Waals surface area contributed by atoms with Gasteiger partial charge in [0.2, 0.25) is 0 Å². The zero-order chi connectivity index (χ0) is 11.3. The Labute approximate surface area is 95.0 Å². The predicted molar refractivity (Wildman–Crippen MR) is 68.1 cm³/mol. The van der Waals surface area contributed by atoms with E-state index >= 15 is 0 Å². The maximum absolute atomic E-state index is 5.28. The third-order valence-corrected chi connectivity index (χ3v) is 3.39. The van der Waals surface area contributed by atoms with E-state index in [0.717, 1.165) is 12.4 Å². The molecule has 0 aliphatic heterocycles. The second-order valence-electron chi connectivity index (χ2n) is 3.87. The lowest BCUT2D eigenvalue weighted by Gasteiger charge is -2.22. The molecular weight excluding hydrogens is 208 g/mol. The molecule has 15 heavy (non-hydrogen) atoms. The van der Waals surface area contributed by atoms with Gasteiger partial charge >= 0.3 is 0 Å². The third-order valence-electron chi connectivity index (χ3n) is 2.14. The topological polar surface area (TPSA) is 63.0 Å². The van der Waals surface area contributed by atoms with Crippen LogP contribution in [0.1, 0.15) is 13.8 Å². The number of nitrogens with zero attached hydrogens (tertiary/aromatic N) is 1. The van der Waals surface area contributed by atoms with Crippen LogP contribution in [0.4, 0.5) is 11.6 Å². The van der Waals surface area contributed by atoms with Crippen molar-refractivity contribution in [2.45, 2.75) is 18.6 Å². The minimum atomic E-state index is 0.202. The van der Waals surface area contributed by atoms with Crippen molar-refractivity contribution in [2.75, 3.05) is 23.5 Å². The van der Waals surface area contributed by atoms with Gasteiger partial charge in [0.15, 0.2) is 0 Å². The third kappa shape index (κ3) is 3.97. The molecule has 0 saturated carbocycles. The van der Waals surface area contributed by atoms with E-state index in [1.165, 1.54) is 0 Å². The Bertz CT molecular complexity index is 314. The van der Waals surface area contributed by atoms with Gasteiger partial charge in [-0.2, -0.15) is 11.8 Å². The number of hydrazine groups is 1. The van der Waals surface area contributed by atoms with E-state index in [-0.39, 0.29) is 4.75 Å². The summed E-state index contributed by atoms with van der Waals surface area (Å²) in [6.07, 6.45) is 2.10. The van der Waals surface area contributed by atoms with E-state index in [2.05, 4.69) is 35.8 Å². The number of nitrogen functional groups attached to an aromatic ring is 1. The number of anilines is 2. The number of nitrogens with one attached hydrogen (secondary N) is 2. The molecular formula is C10H18N4S. The van der Waals surface area contributed by atoms with Crippen LogP contribution >= 0.6 is 11.8 Å². The van der Waals surface area contributed by atoms with Crippen LogP contribution in [0.2, 0.25) is 0 Å². The van der Waals surface area contributed by atoms with Gasteiger partial charge in [-0.25, -0.2) is 10.8 Å². The van der Waals surface area contributed by atoms with Crippen molar-refractivity contribution >= 4 is 23.4 Å².